The van der Waals surface area contributed by atoms with E-state index in [1.165, 1.54) is 0 Å². The summed E-state index contributed by atoms with van der Waals surface area (Å²) in [6, 6.07) is 6.84. The lowest BCUT2D eigenvalue weighted by Gasteiger charge is -2.09. The van der Waals surface area contributed by atoms with Crippen LogP contribution in [-0.4, -0.2) is 52.7 Å². The summed E-state index contributed by atoms with van der Waals surface area (Å²) in [6.07, 6.45) is 5.35. The zero-order chi connectivity index (χ0) is 22.9. The van der Waals surface area contributed by atoms with Crippen LogP contribution in [0.2, 0.25) is 0 Å². The van der Waals surface area contributed by atoms with E-state index < -0.39 is 5.82 Å². The normalized spacial score (nSPS) is 12.5. The van der Waals surface area contributed by atoms with Gasteiger partial charge in [-0.15, -0.1) is 0 Å². The lowest BCUT2D eigenvalue weighted by Crippen LogP contribution is -2.26. The fourth-order valence-corrected chi connectivity index (χ4v) is 2.96. The molecule has 168 valence electrons. The minimum atomic E-state index is -0.451. The zero-order valence-electron chi connectivity index (χ0n) is 17.9. The second kappa shape index (κ2) is 10.9. The molecule has 1 aromatic carbocycles. The van der Waals surface area contributed by atoms with Crippen molar-refractivity contribution in [1.29, 1.82) is 0 Å². The Morgan fingerprint density at radius 2 is 2.22 bits per heavy atom. The third-order valence-corrected chi connectivity index (χ3v) is 4.35. The number of aliphatic imine (C=N–C) groups is 2. The van der Waals surface area contributed by atoms with E-state index in [4.69, 9.17) is 9.84 Å². The standard InChI is InChI=1S/C22H26FN7O2/c1-4-5-15-11-21(30-29-15)28-19(24-3)12-20(25-8-9-31)26-13-32-18-7-6-17-16(22(18)23)10-14(2)27-17/h4-7,10-12,27,31H,3,8-9,13H2,1-2H3,(H,25,26)(H2,28,29,30)/b5-4+,19-12+. The van der Waals surface area contributed by atoms with E-state index in [-0.39, 0.29) is 25.6 Å². The molecule has 0 atom stereocenters. The van der Waals surface area contributed by atoms with Crippen molar-refractivity contribution in [2.45, 2.75) is 13.8 Å². The van der Waals surface area contributed by atoms with E-state index in [1.54, 1.807) is 24.3 Å². The SMILES string of the molecule is C=N/C(=C\C(=N/COc1ccc2[nH]c(C)cc2c1F)NCCO)Nc1cc(/C=C/C)[nH]n1. The Hall–Kier alpha value is -3.92. The average Bonchev–Trinajstić information content (AvgIpc) is 3.39. The number of fused-ring (bicyclic) bond motifs is 1. The minimum Gasteiger partial charge on any atom is -0.468 e. The highest BCUT2D eigenvalue weighted by molar-refractivity contribution is 5.94. The molecule has 0 saturated carbocycles. The summed E-state index contributed by atoms with van der Waals surface area (Å²) < 4.78 is 20.2. The van der Waals surface area contributed by atoms with Gasteiger partial charge in [0.1, 0.15) is 11.7 Å². The molecule has 0 radical (unpaired) electrons. The molecule has 0 aliphatic heterocycles. The lowest BCUT2D eigenvalue weighted by molar-refractivity contribution is 0.299. The Morgan fingerprint density at radius 3 is 2.97 bits per heavy atom. The van der Waals surface area contributed by atoms with Crippen molar-refractivity contribution in [2.24, 2.45) is 9.98 Å². The minimum absolute atomic E-state index is 0.0950. The molecule has 2 aromatic heterocycles. The number of hydrogen-bond donors (Lipinski definition) is 5. The first-order chi connectivity index (χ1) is 15.5. The molecule has 0 spiro atoms. The van der Waals surface area contributed by atoms with Crippen molar-refractivity contribution in [1.82, 2.24) is 20.5 Å². The number of aliphatic hydroxyl groups excluding tert-OH is 1. The smallest absolute Gasteiger partial charge is 0.181 e. The van der Waals surface area contributed by atoms with Crippen molar-refractivity contribution in [3.05, 3.63) is 59.4 Å². The first kappa shape index (κ1) is 22.8. The Kier molecular flexibility index (Phi) is 7.76. The van der Waals surface area contributed by atoms with Gasteiger partial charge < -0.3 is 25.5 Å². The summed E-state index contributed by atoms with van der Waals surface area (Å²) in [5, 5.41) is 22.6. The highest BCUT2D eigenvalue weighted by Gasteiger charge is 2.10. The molecule has 0 amide bonds. The maximum atomic E-state index is 14.7. The van der Waals surface area contributed by atoms with Gasteiger partial charge in [0.2, 0.25) is 0 Å². The van der Waals surface area contributed by atoms with E-state index in [9.17, 15) is 4.39 Å². The van der Waals surface area contributed by atoms with Crippen LogP contribution in [0.25, 0.3) is 17.0 Å². The third kappa shape index (κ3) is 5.82. The topological polar surface area (TPSA) is 123 Å². The Balaban J connectivity index is 1.73. The highest BCUT2D eigenvalue weighted by atomic mass is 19.1. The van der Waals surface area contributed by atoms with Gasteiger partial charge >= 0.3 is 0 Å². The maximum absolute atomic E-state index is 14.7. The second-order valence-electron chi connectivity index (χ2n) is 6.78. The fourth-order valence-electron chi connectivity index (χ4n) is 2.96. The molecule has 0 saturated heterocycles. The van der Waals surface area contributed by atoms with Crippen LogP contribution in [0.15, 0.2) is 52.2 Å². The fraction of sp³-hybridized carbons (Fsp3) is 0.227. The van der Waals surface area contributed by atoms with Crippen LogP contribution in [0.4, 0.5) is 10.2 Å². The number of amidine groups is 1. The van der Waals surface area contributed by atoms with Crippen LogP contribution in [0.3, 0.4) is 0 Å². The largest absolute Gasteiger partial charge is 0.468 e. The van der Waals surface area contributed by atoms with E-state index in [0.29, 0.717) is 28.4 Å². The number of ether oxygens (including phenoxy) is 1. The summed E-state index contributed by atoms with van der Waals surface area (Å²) in [4.78, 5) is 11.3. The number of benzene rings is 1. The number of nitrogens with one attached hydrogen (secondary N) is 4. The molecule has 0 fully saturated rings. The van der Waals surface area contributed by atoms with E-state index >= 15 is 0 Å². The van der Waals surface area contributed by atoms with Crippen LogP contribution in [0.5, 0.6) is 5.75 Å². The number of H-pyrrole nitrogens is 2. The van der Waals surface area contributed by atoms with Crippen LogP contribution < -0.4 is 15.4 Å². The van der Waals surface area contributed by atoms with Gasteiger partial charge in [0, 0.05) is 35.3 Å². The van der Waals surface area contributed by atoms with Gasteiger partial charge in [-0.2, -0.15) is 5.10 Å². The number of anilines is 1. The van der Waals surface area contributed by atoms with Gasteiger partial charge in [-0.3, -0.25) is 5.10 Å². The lowest BCUT2D eigenvalue weighted by atomic mass is 10.2. The monoisotopic (exact) mass is 439 g/mol. The van der Waals surface area contributed by atoms with E-state index in [0.717, 1.165) is 11.4 Å². The van der Waals surface area contributed by atoms with Crippen molar-refractivity contribution in [3.63, 3.8) is 0 Å². The number of aromatic nitrogens is 3. The van der Waals surface area contributed by atoms with Crippen molar-refractivity contribution >= 4 is 35.3 Å². The summed E-state index contributed by atoms with van der Waals surface area (Å²) in [5.74, 6) is 0.943. The van der Waals surface area contributed by atoms with Gasteiger partial charge in [0.25, 0.3) is 0 Å². The van der Waals surface area contributed by atoms with Crippen LogP contribution >= 0.6 is 0 Å². The first-order valence-corrected chi connectivity index (χ1v) is 9.97. The molecular formula is C22H26FN7O2. The maximum Gasteiger partial charge on any atom is 0.181 e. The number of aromatic amines is 2. The Bertz CT molecular complexity index is 1160. The highest BCUT2D eigenvalue weighted by Crippen LogP contribution is 2.26. The summed E-state index contributed by atoms with van der Waals surface area (Å²) in [7, 11) is 0. The number of rotatable bonds is 10. The molecule has 32 heavy (non-hydrogen) atoms. The Labute approximate surface area is 184 Å². The molecule has 3 rings (SSSR count). The van der Waals surface area contributed by atoms with Gasteiger partial charge in [0.05, 0.1) is 12.3 Å². The summed E-state index contributed by atoms with van der Waals surface area (Å²) in [6.45, 7) is 7.34. The number of aryl methyl sites for hydroxylation is 1. The van der Waals surface area contributed by atoms with Crippen LogP contribution in [-0.2, 0) is 0 Å². The molecule has 0 aliphatic rings. The number of halogens is 1. The average molecular weight is 439 g/mol. The third-order valence-electron chi connectivity index (χ3n) is 4.35. The van der Waals surface area contributed by atoms with E-state index in [2.05, 4.69) is 42.5 Å². The molecule has 0 unspecified atom stereocenters. The number of allylic oxidation sites excluding steroid dienone is 1. The van der Waals surface area contributed by atoms with Gasteiger partial charge in [-0.05, 0) is 44.8 Å². The molecule has 9 nitrogen and oxygen atoms in total. The quantitative estimate of drug-likeness (QED) is 0.245. The molecule has 10 heteroatoms. The molecular weight excluding hydrogens is 413 g/mol. The predicted octanol–water partition coefficient (Wildman–Crippen LogP) is 3.34. The van der Waals surface area contributed by atoms with Gasteiger partial charge in [-0.25, -0.2) is 14.4 Å². The molecule has 5 N–H and O–H groups in total. The van der Waals surface area contributed by atoms with Crippen molar-refractivity contribution in [3.8, 4) is 5.75 Å². The first-order valence-electron chi connectivity index (χ1n) is 9.97. The molecule has 2 heterocycles. The van der Waals surface area contributed by atoms with Crippen molar-refractivity contribution < 1.29 is 14.2 Å². The molecule has 0 bridgehead atoms. The second-order valence-corrected chi connectivity index (χ2v) is 6.78. The van der Waals surface area contributed by atoms with Crippen LogP contribution in [0.1, 0.15) is 18.3 Å². The van der Waals surface area contributed by atoms with E-state index in [1.807, 2.05) is 32.1 Å². The predicted molar refractivity (Wildman–Crippen MR) is 126 cm³/mol. The summed E-state index contributed by atoms with van der Waals surface area (Å²) >= 11 is 0. The van der Waals surface area contributed by atoms with Gasteiger partial charge in [0.15, 0.2) is 24.1 Å². The number of hydrogen-bond acceptors (Lipinski definition) is 6. The van der Waals surface area contributed by atoms with Crippen molar-refractivity contribution in [2.75, 3.05) is 25.2 Å². The number of nitrogens with zero attached hydrogens (tertiary/aromatic N) is 3. The Morgan fingerprint density at radius 1 is 1.38 bits per heavy atom. The number of aliphatic hydroxyl groups is 1. The van der Waals surface area contributed by atoms with Crippen LogP contribution in [0, 0.1) is 12.7 Å². The zero-order valence-corrected chi connectivity index (χ0v) is 17.9. The molecule has 3 aromatic rings. The van der Waals surface area contributed by atoms with Gasteiger partial charge in [-0.1, -0.05) is 6.08 Å². The summed E-state index contributed by atoms with van der Waals surface area (Å²) in [5.41, 5.74) is 2.39. The molecule has 0 aliphatic carbocycles.